The number of anilines is 1. The molecule has 9 heteroatoms. The Morgan fingerprint density at radius 1 is 1.14 bits per heavy atom. The minimum atomic E-state index is -4.53. The van der Waals surface area contributed by atoms with Gasteiger partial charge < -0.3 is 15.0 Å². The van der Waals surface area contributed by atoms with Crippen LogP contribution in [0, 0.1) is 5.41 Å². The highest BCUT2D eigenvalue weighted by Gasteiger charge is 2.34. The van der Waals surface area contributed by atoms with E-state index in [1.54, 1.807) is 24.3 Å². The molecule has 0 amide bonds. The predicted molar refractivity (Wildman–Crippen MR) is 98.4 cm³/mol. The van der Waals surface area contributed by atoms with Crippen LogP contribution in [0.25, 0.3) is 16.5 Å². The Labute approximate surface area is 156 Å². The number of aromatic amines is 1. The number of benzene rings is 2. The summed E-state index contributed by atoms with van der Waals surface area (Å²) in [6.07, 6.45) is -4.53. The van der Waals surface area contributed by atoms with Crippen LogP contribution in [0.1, 0.15) is 11.4 Å². The molecule has 0 unspecified atom stereocenters. The number of H-pyrrole nitrogens is 1. The van der Waals surface area contributed by atoms with E-state index in [0.717, 1.165) is 12.1 Å². The second kappa shape index (κ2) is 6.22. The maximum atomic E-state index is 13.0. The summed E-state index contributed by atoms with van der Waals surface area (Å²) < 4.78 is 38.9. The van der Waals surface area contributed by atoms with Gasteiger partial charge in [-0.2, -0.15) is 13.2 Å². The quantitative estimate of drug-likeness (QED) is 0.626. The van der Waals surface area contributed by atoms with Gasteiger partial charge in [-0.3, -0.25) is 10.2 Å². The van der Waals surface area contributed by atoms with E-state index < -0.39 is 17.3 Å². The number of nitrogens with one attached hydrogen (secondary N) is 2. The molecule has 0 spiro atoms. The largest absolute Gasteiger partial charge is 0.509 e. The fourth-order valence-electron chi connectivity index (χ4n) is 3.10. The van der Waals surface area contributed by atoms with Gasteiger partial charge >= 0.3 is 6.18 Å². The lowest BCUT2D eigenvalue weighted by Gasteiger charge is -2.20. The van der Waals surface area contributed by atoms with Gasteiger partial charge in [0.05, 0.1) is 28.6 Å². The van der Waals surface area contributed by atoms with Gasteiger partial charge in [0.25, 0.3) is 5.56 Å². The molecule has 0 saturated heterocycles. The third-order valence-corrected chi connectivity index (χ3v) is 4.44. The Balaban J connectivity index is 1.75. The number of para-hydroxylation sites is 1. The first-order valence-corrected chi connectivity index (χ1v) is 8.21. The molecule has 0 radical (unpaired) electrons. The van der Waals surface area contributed by atoms with E-state index in [1.807, 2.05) is 0 Å². The number of alkyl halides is 3. The summed E-state index contributed by atoms with van der Waals surface area (Å²) in [4.78, 5) is 20.3. The number of aliphatic hydroxyl groups excluding tert-OH is 1. The van der Waals surface area contributed by atoms with Gasteiger partial charge in [-0.1, -0.05) is 18.2 Å². The monoisotopic (exact) mass is 386 g/mol. The summed E-state index contributed by atoms with van der Waals surface area (Å²) in [6, 6.07) is 11.1. The summed E-state index contributed by atoms with van der Waals surface area (Å²) in [5.41, 5.74) is -0.842. The zero-order valence-electron chi connectivity index (χ0n) is 14.2. The van der Waals surface area contributed by atoms with E-state index in [1.165, 1.54) is 17.0 Å². The third kappa shape index (κ3) is 2.90. The van der Waals surface area contributed by atoms with Crippen LogP contribution in [0.2, 0.25) is 0 Å². The number of halogens is 3. The van der Waals surface area contributed by atoms with Crippen molar-refractivity contribution in [3.63, 3.8) is 0 Å². The fraction of sp³-hybridized carbons (Fsp3) is 0.105. The van der Waals surface area contributed by atoms with Crippen LogP contribution in [0.5, 0.6) is 0 Å². The Hall–Kier alpha value is -3.62. The average Bonchev–Trinajstić information content (AvgIpc) is 2.95. The normalized spacial score (nSPS) is 15.0. The van der Waals surface area contributed by atoms with Crippen molar-refractivity contribution >= 4 is 28.0 Å². The maximum Gasteiger partial charge on any atom is 0.416 e. The van der Waals surface area contributed by atoms with Gasteiger partial charge in [-0.25, -0.2) is 4.98 Å². The van der Waals surface area contributed by atoms with Crippen LogP contribution in [0.15, 0.2) is 59.1 Å². The Bertz CT molecular complexity index is 1200. The SMILES string of the molecule is N=C1C(c2nc3ccccc3c(=O)[nH]2)=C(O)CN1c1cccc(C(F)(F)F)c1. The molecule has 1 aromatic heterocycles. The molecule has 0 saturated carbocycles. The summed E-state index contributed by atoms with van der Waals surface area (Å²) >= 11 is 0. The number of fused-ring (bicyclic) bond motifs is 1. The van der Waals surface area contributed by atoms with Gasteiger partial charge in [0, 0.05) is 5.69 Å². The number of hydrogen-bond acceptors (Lipinski definition) is 4. The molecule has 0 atom stereocenters. The van der Waals surface area contributed by atoms with Crippen molar-refractivity contribution in [2.45, 2.75) is 6.18 Å². The second-order valence-corrected chi connectivity index (χ2v) is 6.24. The van der Waals surface area contributed by atoms with Crippen LogP contribution < -0.4 is 10.5 Å². The van der Waals surface area contributed by atoms with Gasteiger partial charge in [0.1, 0.15) is 17.4 Å². The number of nitrogens with zero attached hydrogens (tertiary/aromatic N) is 2. The van der Waals surface area contributed by atoms with Crippen molar-refractivity contribution in [2.75, 3.05) is 11.4 Å². The molecule has 2 aromatic carbocycles. The van der Waals surface area contributed by atoms with Crippen molar-refractivity contribution in [1.82, 2.24) is 9.97 Å². The zero-order chi connectivity index (χ0) is 20.1. The van der Waals surface area contributed by atoms with Crippen LogP contribution in [0.3, 0.4) is 0 Å². The summed E-state index contributed by atoms with van der Waals surface area (Å²) in [7, 11) is 0. The molecular formula is C19H13F3N4O2. The highest BCUT2D eigenvalue weighted by Crippen LogP contribution is 2.34. The zero-order valence-corrected chi connectivity index (χ0v) is 14.2. The van der Waals surface area contributed by atoms with Crippen LogP contribution in [-0.2, 0) is 6.18 Å². The molecule has 28 heavy (non-hydrogen) atoms. The lowest BCUT2D eigenvalue weighted by atomic mass is 10.1. The number of rotatable bonds is 2. The fourth-order valence-corrected chi connectivity index (χ4v) is 3.10. The highest BCUT2D eigenvalue weighted by molar-refractivity contribution is 6.30. The van der Waals surface area contributed by atoms with Gasteiger partial charge in [0.2, 0.25) is 0 Å². The molecule has 0 fully saturated rings. The van der Waals surface area contributed by atoms with E-state index in [0.29, 0.717) is 10.9 Å². The van der Waals surface area contributed by atoms with E-state index in [9.17, 15) is 23.1 Å². The lowest BCUT2D eigenvalue weighted by Crippen LogP contribution is -2.27. The van der Waals surface area contributed by atoms with Gasteiger partial charge in [0.15, 0.2) is 0 Å². The first-order chi connectivity index (χ1) is 13.3. The van der Waals surface area contributed by atoms with Crippen LogP contribution >= 0.6 is 0 Å². The number of aliphatic hydroxyl groups is 1. The first kappa shape index (κ1) is 17.8. The molecule has 0 bridgehead atoms. The third-order valence-electron chi connectivity index (χ3n) is 4.44. The molecule has 6 nitrogen and oxygen atoms in total. The maximum absolute atomic E-state index is 13.0. The Morgan fingerprint density at radius 3 is 2.64 bits per heavy atom. The molecule has 2 heterocycles. The van der Waals surface area contributed by atoms with Crippen molar-refractivity contribution < 1.29 is 18.3 Å². The van der Waals surface area contributed by atoms with Gasteiger partial charge in [-0.15, -0.1) is 0 Å². The van der Waals surface area contributed by atoms with E-state index in [-0.39, 0.29) is 35.2 Å². The first-order valence-electron chi connectivity index (χ1n) is 8.21. The molecule has 1 aliphatic heterocycles. The Kier molecular flexibility index (Phi) is 3.95. The summed E-state index contributed by atoms with van der Waals surface area (Å²) in [5.74, 6) is -0.531. The predicted octanol–water partition coefficient (Wildman–Crippen LogP) is 3.71. The second-order valence-electron chi connectivity index (χ2n) is 6.24. The lowest BCUT2D eigenvalue weighted by molar-refractivity contribution is -0.137. The summed E-state index contributed by atoms with van der Waals surface area (Å²) in [5, 5.41) is 19.0. The van der Waals surface area contributed by atoms with Crippen molar-refractivity contribution in [3.8, 4) is 0 Å². The number of aromatic nitrogens is 2. The smallest absolute Gasteiger partial charge is 0.416 e. The minimum absolute atomic E-state index is 0.0133. The van der Waals surface area contributed by atoms with Crippen LogP contribution in [-0.4, -0.2) is 27.5 Å². The van der Waals surface area contributed by atoms with E-state index in [4.69, 9.17) is 5.41 Å². The number of amidine groups is 1. The molecule has 4 rings (SSSR count). The molecule has 142 valence electrons. The van der Waals surface area contributed by atoms with Crippen molar-refractivity contribution in [1.29, 1.82) is 5.41 Å². The Morgan fingerprint density at radius 2 is 1.89 bits per heavy atom. The average molecular weight is 386 g/mol. The number of hydrogen-bond donors (Lipinski definition) is 3. The highest BCUT2D eigenvalue weighted by atomic mass is 19.4. The molecule has 0 aliphatic carbocycles. The van der Waals surface area contributed by atoms with Crippen molar-refractivity contribution in [2.24, 2.45) is 0 Å². The van der Waals surface area contributed by atoms with Crippen LogP contribution in [0.4, 0.5) is 18.9 Å². The van der Waals surface area contributed by atoms with Crippen molar-refractivity contribution in [3.05, 3.63) is 76.0 Å². The van der Waals surface area contributed by atoms with E-state index in [2.05, 4.69) is 9.97 Å². The van der Waals surface area contributed by atoms with E-state index >= 15 is 0 Å². The van der Waals surface area contributed by atoms with Gasteiger partial charge in [-0.05, 0) is 30.3 Å². The summed E-state index contributed by atoms with van der Waals surface area (Å²) in [6.45, 7) is -0.202. The topological polar surface area (TPSA) is 93.1 Å². The molecular weight excluding hydrogens is 373 g/mol. The standard InChI is InChI=1S/C19H13F3N4O2/c20-19(21,22)10-4-3-5-11(8-10)26-9-14(27)15(16(26)23)17-24-13-7-2-1-6-12(13)18(28)25-17/h1-8,23,27H,9H2,(H,24,25,28). The molecule has 3 aromatic rings. The molecule has 3 N–H and O–H groups in total. The minimum Gasteiger partial charge on any atom is -0.509 e. The molecule has 1 aliphatic rings.